The second-order valence-electron chi connectivity index (χ2n) is 6.07. The van der Waals surface area contributed by atoms with E-state index in [1.165, 1.54) is 5.56 Å². The number of nitrogens with zero attached hydrogens (tertiary/aromatic N) is 4. The zero-order valence-electron chi connectivity index (χ0n) is 13.5. The fourth-order valence-electron chi connectivity index (χ4n) is 2.86. The first-order valence-corrected chi connectivity index (χ1v) is 7.91. The van der Waals surface area contributed by atoms with Crippen LogP contribution in [-0.4, -0.2) is 34.1 Å². The van der Waals surface area contributed by atoms with Crippen molar-refractivity contribution in [3.8, 4) is 0 Å². The Morgan fingerprint density at radius 1 is 1.14 bits per heavy atom. The number of fused-ring (bicyclic) bond motifs is 1. The van der Waals surface area contributed by atoms with Crippen molar-refractivity contribution in [2.24, 2.45) is 0 Å². The first-order valence-electron chi connectivity index (χ1n) is 7.91. The molecule has 0 aromatic carbocycles. The van der Waals surface area contributed by atoms with Gasteiger partial charge in [0.1, 0.15) is 18.0 Å². The van der Waals surface area contributed by atoms with Crippen LogP contribution in [0.5, 0.6) is 0 Å². The van der Waals surface area contributed by atoms with Crippen LogP contribution in [-0.2, 0) is 12.8 Å². The van der Waals surface area contributed by atoms with Crippen LogP contribution in [0.4, 0.5) is 11.6 Å². The molecule has 3 heterocycles. The van der Waals surface area contributed by atoms with Crippen LogP contribution in [0, 0.1) is 6.92 Å². The summed E-state index contributed by atoms with van der Waals surface area (Å²) in [6.07, 6.45) is 3.55. The zero-order valence-corrected chi connectivity index (χ0v) is 13.5. The molecule has 5 nitrogen and oxygen atoms in total. The maximum absolute atomic E-state index is 4.65. The fourth-order valence-corrected chi connectivity index (χ4v) is 2.86. The Balaban J connectivity index is 1.83. The van der Waals surface area contributed by atoms with Crippen molar-refractivity contribution in [2.75, 3.05) is 23.3 Å². The van der Waals surface area contributed by atoms with E-state index in [9.17, 15) is 0 Å². The van der Waals surface area contributed by atoms with Gasteiger partial charge >= 0.3 is 0 Å². The van der Waals surface area contributed by atoms with Gasteiger partial charge in [0, 0.05) is 36.8 Å². The highest BCUT2D eigenvalue weighted by Crippen LogP contribution is 2.23. The number of hydrogen-bond acceptors (Lipinski definition) is 5. The Hall–Kier alpha value is -2.17. The van der Waals surface area contributed by atoms with Gasteiger partial charge in [0.2, 0.25) is 0 Å². The lowest BCUT2D eigenvalue weighted by atomic mass is 10.1. The largest absolute Gasteiger partial charge is 0.368 e. The molecule has 2 aromatic heterocycles. The van der Waals surface area contributed by atoms with Gasteiger partial charge in [0.25, 0.3) is 0 Å². The van der Waals surface area contributed by atoms with E-state index in [0.717, 1.165) is 49.0 Å². The highest BCUT2D eigenvalue weighted by Gasteiger charge is 2.19. The van der Waals surface area contributed by atoms with E-state index in [1.807, 2.05) is 13.0 Å². The molecule has 1 N–H and O–H groups in total. The number of rotatable bonds is 3. The summed E-state index contributed by atoms with van der Waals surface area (Å²) in [6.45, 7) is 8.19. The van der Waals surface area contributed by atoms with Crippen LogP contribution < -0.4 is 10.2 Å². The molecule has 0 aliphatic carbocycles. The van der Waals surface area contributed by atoms with Gasteiger partial charge in [-0.15, -0.1) is 0 Å². The number of hydrogen-bond donors (Lipinski definition) is 1. The van der Waals surface area contributed by atoms with Crippen molar-refractivity contribution in [1.29, 1.82) is 0 Å². The number of aromatic nitrogens is 3. The molecule has 5 heteroatoms. The molecule has 0 saturated heterocycles. The van der Waals surface area contributed by atoms with Crippen LogP contribution in [0.1, 0.15) is 30.8 Å². The van der Waals surface area contributed by atoms with Crippen LogP contribution in [0.25, 0.3) is 0 Å². The summed E-state index contributed by atoms with van der Waals surface area (Å²) in [4.78, 5) is 15.9. The number of nitrogens with one attached hydrogen (secondary N) is 1. The third kappa shape index (κ3) is 3.18. The second-order valence-corrected chi connectivity index (χ2v) is 6.07. The maximum atomic E-state index is 4.65. The molecule has 0 saturated carbocycles. The van der Waals surface area contributed by atoms with Crippen molar-refractivity contribution in [2.45, 2.75) is 39.7 Å². The quantitative estimate of drug-likeness (QED) is 0.944. The summed E-state index contributed by atoms with van der Waals surface area (Å²) < 4.78 is 0. The van der Waals surface area contributed by atoms with E-state index in [-0.39, 0.29) is 0 Å². The summed E-state index contributed by atoms with van der Waals surface area (Å²) in [5, 5.41) is 3.44. The van der Waals surface area contributed by atoms with Gasteiger partial charge in [-0.3, -0.25) is 0 Å². The minimum Gasteiger partial charge on any atom is -0.368 e. The summed E-state index contributed by atoms with van der Waals surface area (Å²) >= 11 is 0. The van der Waals surface area contributed by atoms with Crippen molar-refractivity contribution in [1.82, 2.24) is 15.0 Å². The lowest BCUT2D eigenvalue weighted by molar-refractivity contribution is 0.785. The average Bonchev–Trinajstić information content (AvgIpc) is 2.70. The minimum absolute atomic E-state index is 0.372. The van der Waals surface area contributed by atoms with E-state index in [0.29, 0.717) is 6.04 Å². The predicted octanol–water partition coefficient (Wildman–Crippen LogP) is 2.61. The molecule has 0 fully saturated rings. The smallest absolute Gasteiger partial charge is 0.133 e. The van der Waals surface area contributed by atoms with Gasteiger partial charge < -0.3 is 10.2 Å². The molecule has 2 aromatic rings. The molecule has 1 aliphatic rings. The molecular weight excluding hydrogens is 274 g/mol. The minimum atomic E-state index is 0.372. The summed E-state index contributed by atoms with van der Waals surface area (Å²) in [6, 6.07) is 6.56. The molecule has 3 rings (SSSR count). The van der Waals surface area contributed by atoms with Gasteiger partial charge in [0.15, 0.2) is 0 Å². The Kier molecular flexibility index (Phi) is 4.22. The zero-order chi connectivity index (χ0) is 15.5. The van der Waals surface area contributed by atoms with Crippen LogP contribution >= 0.6 is 0 Å². The van der Waals surface area contributed by atoms with Crippen LogP contribution in [0.2, 0.25) is 0 Å². The lowest BCUT2D eigenvalue weighted by Gasteiger charge is -2.21. The summed E-state index contributed by atoms with van der Waals surface area (Å²) in [5.41, 5.74) is 3.47. The van der Waals surface area contributed by atoms with E-state index in [4.69, 9.17) is 0 Å². The van der Waals surface area contributed by atoms with Crippen molar-refractivity contribution in [3.05, 3.63) is 41.5 Å². The number of anilines is 2. The van der Waals surface area contributed by atoms with Gasteiger partial charge in [0.05, 0.1) is 5.69 Å². The standard InChI is InChI=1S/C17H23N5/c1-12(2)20-17-14-7-9-22(10-8-15(14)18-11-19-17)16-6-4-5-13(3)21-16/h4-6,11-12H,7-10H2,1-3H3,(H,18,19,20). The first kappa shape index (κ1) is 14.8. The Morgan fingerprint density at radius 3 is 2.73 bits per heavy atom. The third-order valence-electron chi connectivity index (χ3n) is 3.91. The molecule has 0 amide bonds. The normalized spacial score (nSPS) is 14.6. The molecule has 0 atom stereocenters. The molecule has 0 spiro atoms. The van der Waals surface area contributed by atoms with Crippen molar-refractivity contribution >= 4 is 11.6 Å². The summed E-state index contributed by atoms with van der Waals surface area (Å²) in [7, 11) is 0. The van der Waals surface area contributed by atoms with Gasteiger partial charge in [-0.05, 0) is 39.3 Å². The van der Waals surface area contributed by atoms with Crippen molar-refractivity contribution < 1.29 is 0 Å². The maximum Gasteiger partial charge on any atom is 0.133 e. The highest BCUT2D eigenvalue weighted by atomic mass is 15.2. The topological polar surface area (TPSA) is 53.9 Å². The highest BCUT2D eigenvalue weighted by molar-refractivity contribution is 5.49. The molecule has 22 heavy (non-hydrogen) atoms. The molecule has 1 aliphatic heterocycles. The van der Waals surface area contributed by atoms with E-state index in [1.54, 1.807) is 6.33 Å². The van der Waals surface area contributed by atoms with E-state index < -0.39 is 0 Å². The van der Waals surface area contributed by atoms with E-state index >= 15 is 0 Å². The fraction of sp³-hybridized carbons (Fsp3) is 0.471. The predicted molar refractivity (Wildman–Crippen MR) is 89.4 cm³/mol. The number of aryl methyl sites for hydroxylation is 1. The monoisotopic (exact) mass is 297 g/mol. The first-order chi connectivity index (χ1) is 10.6. The Bertz CT molecular complexity index is 653. The average molecular weight is 297 g/mol. The summed E-state index contributed by atoms with van der Waals surface area (Å²) in [5.74, 6) is 2.04. The van der Waals surface area contributed by atoms with Gasteiger partial charge in [-0.25, -0.2) is 15.0 Å². The van der Waals surface area contributed by atoms with Crippen molar-refractivity contribution in [3.63, 3.8) is 0 Å². The molecular formula is C17H23N5. The SMILES string of the molecule is Cc1cccc(N2CCc3ncnc(NC(C)C)c3CC2)n1. The van der Waals surface area contributed by atoms with E-state index in [2.05, 4.69) is 51.1 Å². The molecule has 0 radical (unpaired) electrons. The molecule has 0 bridgehead atoms. The lowest BCUT2D eigenvalue weighted by Crippen LogP contribution is -2.27. The number of pyridine rings is 1. The molecule has 116 valence electrons. The van der Waals surface area contributed by atoms with Crippen LogP contribution in [0.15, 0.2) is 24.5 Å². The molecule has 0 unspecified atom stereocenters. The van der Waals surface area contributed by atoms with Crippen LogP contribution in [0.3, 0.4) is 0 Å². The third-order valence-corrected chi connectivity index (χ3v) is 3.91. The van der Waals surface area contributed by atoms with Gasteiger partial charge in [-0.2, -0.15) is 0 Å². The second kappa shape index (κ2) is 6.30. The Morgan fingerprint density at radius 2 is 1.95 bits per heavy atom. The van der Waals surface area contributed by atoms with Gasteiger partial charge in [-0.1, -0.05) is 6.07 Å². The Labute approximate surface area is 131 Å².